The molecule has 184 valence electrons. The van der Waals surface area contributed by atoms with E-state index in [1.165, 1.54) is 6.08 Å². The van der Waals surface area contributed by atoms with Crippen molar-refractivity contribution < 1.29 is 29.4 Å². The van der Waals surface area contributed by atoms with Gasteiger partial charge in [-0.05, 0) is 50.2 Å². The molecule has 1 amide bonds. The van der Waals surface area contributed by atoms with E-state index in [9.17, 15) is 19.8 Å². The lowest BCUT2D eigenvalue weighted by molar-refractivity contribution is -0.139. The summed E-state index contributed by atoms with van der Waals surface area (Å²) in [5, 5.41) is 20.3. The maximum atomic E-state index is 12.7. The molecule has 0 bridgehead atoms. The number of rotatable bonds is 4. The van der Waals surface area contributed by atoms with Crippen molar-refractivity contribution in [3.63, 3.8) is 0 Å². The fourth-order valence-corrected chi connectivity index (χ4v) is 4.09. The molecule has 1 aromatic rings. The molecular formula is C25H31ClN2O6. The first-order valence-corrected chi connectivity index (χ1v) is 11.8. The van der Waals surface area contributed by atoms with Gasteiger partial charge in [0.25, 0.3) is 5.91 Å². The first kappa shape index (κ1) is 25.6. The van der Waals surface area contributed by atoms with Crippen molar-refractivity contribution in [3.8, 4) is 11.5 Å². The highest BCUT2D eigenvalue weighted by Gasteiger charge is 2.23. The van der Waals surface area contributed by atoms with Gasteiger partial charge in [-0.15, -0.1) is 0 Å². The average molecular weight is 491 g/mol. The van der Waals surface area contributed by atoms with Crippen LogP contribution < -0.4 is 5.48 Å². The molecule has 9 heteroatoms. The summed E-state index contributed by atoms with van der Waals surface area (Å²) in [7, 11) is 0. The Balaban J connectivity index is 1.84. The Morgan fingerprint density at radius 2 is 2.00 bits per heavy atom. The predicted molar refractivity (Wildman–Crippen MR) is 129 cm³/mol. The van der Waals surface area contributed by atoms with Crippen LogP contribution in [0.15, 0.2) is 36.1 Å². The lowest BCUT2D eigenvalue weighted by Crippen LogP contribution is -2.41. The number of aromatic hydroxyl groups is 2. The van der Waals surface area contributed by atoms with Gasteiger partial charge < -0.3 is 19.8 Å². The largest absolute Gasteiger partial charge is 0.507 e. The van der Waals surface area contributed by atoms with Gasteiger partial charge in [0.1, 0.15) is 17.1 Å². The second kappa shape index (κ2) is 12.5. The molecule has 1 fully saturated rings. The first-order valence-electron chi connectivity index (χ1n) is 11.5. The minimum absolute atomic E-state index is 0.0729. The zero-order chi connectivity index (χ0) is 24.5. The van der Waals surface area contributed by atoms with Crippen LogP contribution in [-0.2, 0) is 14.4 Å². The molecule has 0 saturated carbocycles. The molecule has 0 spiro atoms. The van der Waals surface area contributed by atoms with E-state index >= 15 is 0 Å². The third kappa shape index (κ3) is 7.01. The van der Waals surface area contributed by atoms with Gasteiger partial charge in [-0.25, -0.2) is 4.79 Å². The summed E-state index contributed by atoms with van der Waals surface area (Å²) in [4.78, 5) is 32.5. The molecule has 34 heavy (non-hydrogen) atoms. The van der Waals surface area contributed by atoms with E-state index in [1.54, 1.807) is 11.0 Å². The number of nitrogens with one attached hydrogen (secondary N) is 1. The Kier molecular flexibility index (Phi) is 9.42. The number of amides is 1. The number of hydroxylamine groups is 1. The molecule has 2 heterocycles. The number of allylic oxidation sites excluding steroid dienone is 3. The molecule has 1 aromatic carbocycles. The number of piperidine rings is 1. The van der Waals surface area contributed by atoms with Gasteiger partial charge in [0.2, 0.25) is 0 Å². The normalized spacial score (nSPS) is 21.1. The molecule has 3 rings (SSSR count). The Labute approximate surface area is 204 Å². The Morgan fingerprint density at radius 3 is 2.79 bits per heavy atom. The minimum atomic E-state index is -0.769. The summed E-state index contributed by atoms with van der Waals surface area (Å²) in [6.07, 6.45) is 13.2. The number of benzene rings is 1. The van der Waals surface area contributed by atoms with Gasteiger partial charge in [0.15, 0.2) is 6.61 Å². The van der Waals surface area contributed by atoms with E-state index in [1.807, 2.05) is 18.2 Å². The van der Waals surface area contributed by atoms with E-state index in [4.69, 9.17) is 21.2 Å². The Hall–Kier alpha value is -2.97. The van der Waals surface area contributed by atoms with Gasteiger partial charge in [-0.3, -0.25) is 15.1 Å². The highest BCUT2D eigenvalue weighted by molar-refractivity contribution is 6.34. The van der Waals surface area contributed by atoms with Gasteiger partial charge in [-0.1, -0.05) is 36.8 Å². The van der Waals surface area contributed by atoms with Crippen molar-refractivity contribution in [2.45, 2.75) is 39.0 Å². The minimum Gasteiger partial charge on any atom is -0.507 e. The third-order valence-electron chi connectivity index (χ3n) is 5.64. The molecule has 1 unspecified atom stereocenters. The maximum absolute atomic E-state index is 12.7. The van der Waals surface area contributed by atoms with E-state index in [-0.39, 0.29) is 41.0 Å². The summed E-state index contributed by atoms with van der Waals surface area (Å²) >= 11 is 6.29. The zero-order valence-corrected chi connectivity index (χ0v) is 20.0. The van der Waals surface area contributed by atoms with Gasteiger partial charge in [-0.2, -0.15) is 0 Å². The summed E-state index contributed by atoms with van der Waals surface area (Å²) in [5.41, 5.74) is 3.02. The van der Waals surface area contributed by atoms with E-state index in [0.29, 0.717) is 31.1 Å². The van der Waals surface area contributed by atoms with E-state index in [2.05, 4.69) is 12.4 Å². The van der Waals surface area contributed by atoms with Crippen molar-refractivity contribution in [2.75, 3.05) is 26.3 Å². The smallest absolute Gasteiger partial charge is 0.342 e. The number of ether oxygens (including phenoxy) is 1. The number of esters is 1. The van der Waals surface area contributed by atoms with Crippen molar-refractivity contribution >= 4 is 29.6 Å². The fourth-order valence-electron chi connectivity index (χ4n) is 3.89. The third-order valence-corrected chi connectivity index (χ3v) is 6.04. The number of phenolic OH excluding ortho intramolecular Hbond substituents is 2. The van der Waals surface area contributed by atoms with Crippen molar-refractivity contribution in [1.82, 2.24) is 10.4 Å². The molecule has 0 aliphatic carbocycles. The van der Waals surface area contributed by atoms with Crippen LogP contribution >= 0.6 is 11.6 Å². The highest BCUT2D eigenvalue weighted by Crippen LogP contribution is 2.38. The molecule has 8 nitrogen and oxygen atoms in total. The van der Waals surface area contributed by atoms with Crippen LogP contribution in [0.25, 0.3) is 6.08 Å². The van der Waals surface area contributed by atoms with Crippen molar-refractivity contribution in [3.05, 3.63) is 52.2 Å². The second-order valence-electron chi connectivity index (χ2n) is 8.47. The quantitative estimate of drug-likeness (QED) is 0.327. The fraction of sp³-hybridized carbons (Fsp3) is 0.440. The van der Waals surface area contributed by atoms with Crippen molar-refractivity contribution in [2.24, 2.45) is 5.92 Å². The van der Waals surface area contributed by atoms with Crippen LogP contribution in [0.1, 0.15) is 54.9 Å². The second-order valence-corrected chi connectivity index (χ2v) is 8.85. The number of nitrogens with zero attached hydrogens (tertiary/aromatic N) is 1. The summed E-state index contributed by atoms with van der Waals surface area (Å²) in [5.74, 6) is -1.27. The molecule has 0 radical (unpaired) electrons. The molecule has 2 aliphatic rings. The number of carbonyl (C=O) groups is 2. The van der Waals surface area contributed by atoms with Gasteiger partial charge >= 0.3 is 5.97 Å². The van der Waals surface area contributed by atoms with Crippen molar-refractivity contribution in [1.29, 1.82) is 0 Å². The Bertz CT molecular complexity index is 988. The summed E-state index contributed by atoms with van der Waals surface area (Å²) < 4.78 is 5.27. The monoisotopic (exact) mass is 490 g/mol. The maximum Gasteiger partial charge on any atom is 0.342 e. The van der Waals surface area contributed by atoms with Crippen LogP contribution in [0.3, 0.4) is 0 Å². The predicted octanol–water partition coefficient (Wildman–Crippen LogP) is 4.32. The number of cyclic esters (lactones) is 1. The average Bonchev–Trinajstić information content (AvgIpc) is 2.80. The number of halogens is 1. The van der Waals surface area contributed by atoms with Gasteiger partial charge in [0.05, 0.1) is 17.3 Å². The van der Waals surface area contributed by atoms with Crippen LogP contribution in [0, 0.1) is 5.92 Å². The molecule has 3 N–H and O–H groups in total. The molecule has 2 aliphatic heterocycles. The molecule has 0 aromatic heterocycles. The summed E-state index contributed by atoms with van der Waals surface area (Å²) in [6.45, 7) is 3.51. The number of fused-ring (bicyclic) bond motifs is 1. The molecule has 1 atom stereocenters. The highest BCUT2D eigenvalue weighted by atomic mass is 35.5. The molecular weight excluding hydrogens is 460 g/mol. The van der Waals surface area contributed by atoms with Crippen LogP contribution in [-0.4, -0.2) is 53.3 Å². The zero-order valence-electron chi connectivity index (χ0n) is 19.3. The van der Waals surface area contributed by atoms with E-state index in [0.717, 1.165) is 31.7 Å². The number of hydrogen-bond acceptors (Lipinski definition) is 7. The number of likely N-dealkylation sites (tertiary alicyclic amines) is 1. The number of hydrogen-bond donors (Lipinski definition) is 3. The topological polar surface area (TPSA) is 108 Å². The lowest BCUT2D eigenvalue weighted by Gasteiger charge is -2.30. The number of carbonyl (C=O) groups excluding carboxylic acids is 2. The number of phenols is 2. The van der Waals surface area contributed by atoms with Crippen LogP contribution in [0.4, 0.5) is 0 Å². The van der Waals surface area contributed by atoms with Gasteiger partial charge in [0, 0.05) is 24.7 Å². The van der Waals surface area contributed by atoms with Crippen LogP contribution in [0.5, 0.6) is 11.5 Å². The molecule has 1 saturated heterocycles. The lowest BCUT2D eigenvalue weighted by atomic mass is 10.0. The Morgan fingerprint density at radius 1 is 1.24 bits per heavy atom. The standard InChI is InChI=1S/C25H31ClN2O6/c1-17-9-8-11-28(15-17)22(31)16-34-27-18-10-6-4-2-3-5-7-12-33-25(32)23-19(13-18)24(26)21(30)14-20(23)29/h3,5-6,10,13-14,17,27,29-30H,2,4,7-9,11-12,15-16H2,1H3/b5-3?,10-6?,18-13-. The van der Waals surface area contributed by atoms with E-state index < -0.39 is 11.7 Å². The SMILES string of the molecule is CC1CCCN(C(=O)CON/C2=C\c3c(Cl)c(O)cc(O)c3C(=O)OCCC=CCCC=C2)C1. The van der Waals surface area contributed by atoms with Crippen LogP contribution in [0.2, 0.25) is 5.02 Å². The first-order chi connectivity index (χ1) is 16.4. The summed E-state index contributed by atoms with van der Waals surface area (Å²) in [6, 6.07) is 0.997.